The van der Waals surface area contributed by atoms with Gasteiger partial charge in [0, 0.05) is 19.6 Å². The summed E-state index contributed by atoms with van der Waals surface area (Å²) in [6, 6.07) is 0.467. The Labute approximate surface area is 156 Å². The number of hydrogen-bond acceptors (Lipinski definition) is 3. The van der Waals surface area contributed by atoms with E-state index in [-0.39, 0.29) is 0 Å². The van der Waals surface area contributed by atoms with Crippen LogP contribution in [-0.4, -0.2) is 74.7 Å². The van der Waals surface area contributed by atoms with E-state index in [2.05, 4.69) is 53.1 Å². The predicted molar refractivity (Wildman–Crippen MR) is 110 cm³/mol. The van der Waals surface area contributed by atoms with Gasteiger partial charge in [-0.05, 0) is 84.2 Å². The second-order valence-electron chi connectivity index (χ2n) is 7.38. The molecule has 0 aromatic rings. The average Bonchev–Trinajstić information content (AvgIpc) is 2.65. The summed E-state index contributed by atoms with van der Waals surface area (Å²) in [4.78, 5) is 9.44. The zero-order valence-electron chi connectivity index (χ0n) is 17.5. The van der Waals surface area contributed by atoms with Crippen molar-refractivity contribution in [2.75, 3.05) is 52.9 Å². The lowest BCUT2D eigenvalue weighted by molar-refractivity contribution is 0.187. The Kier molecular flexibility index (Phi) is 11.9. The molecule has 148 valence electrons. The van der Waals surface area contributed by atoms with E-state index in [1.54, 1.807) is 0 Å². The van der Waals surface area contributed by atoms with Gasteiger partial charge in [-0.3, -0.25) is 4.99 Å². The molecule has 0 radical (unpaired) electrons. The fraction of sp³-hybridized carbons (Fsp3) is 0.950. The summed E-state index contributed by atoms with van der Waals surface area (Å²) >= 11 is 0. The molecule has 0 amide bonds. The van der Waals surface area contributed by atoms with E-state index >= 15 is 0 Å². The molecule has 0 aromatic heterocycles. The smallest absolute Gasteiger partial charge is 0.191 e. The molecule has 1 fully saturated rings. The topological polar surface area (TPSA) is 42.9 Å². The van der Waals surface area contributed by atoms with Gasteiger partial charge < -0.3 is 20.4 Å². The molecule has 1 heterocycles. The fourth-order valence-electron chi connectivity index (χ4n) is 3.65. The van der Waals surface area contributed by atoms with Gasteiger partial charge >= 0.3 is 0 Å². The maximum atomic E-state index is 4.39. The van der Waals surface area contributed by atoms with E-state index in [4.69, 9.17) is 0 Å². The van der Waals surface area contributed by atoms with Crippen LogP contribution in [0.5, 0.6) is 0 Å². The molecule has 1 saturated heterocycles. The third-order valence-corrected chi connectivity index (χ3v) is 5.61. The first-order valence-corrected chi connectivity index (χ1v) is 10.5. The zero-order valence-corrected chi connectivity index (χ0v) is 17.5. The summed E-state index contributed by atoms with van der Waals surface area (Å²) in [6.45, 7) is 17.3. The van der Waals surface area contributed by atoms with Crippen LogP contribution in [0, 0.1) is 5.92 Å². The highest BCUT2D eigenvalue weighted by Crippen LogP contribution is 2.19. The van der Waals surface area contributed by atoms with Crippen molar-refractivity contribution in [3.05, 3.63) is 0 Å². The van der Waals surface area contributed by atoms with Crippen molar-refractivity contribution < 1.29 is 0 Å². The van der Waals surface area contributed by atoms with Crippen LogP contribution in [0.1, 0.15) is 59.8 Å². The summed E-state index contributed by atoms with van der Waals surface area (Å²) in [7, 11) is 1.87. The SMILES string of the molecule is CCN(CC)CCCC(C)NC(=NC)NCCC1CCN(CC)CC1. The van der Waals surface area contributed by atoms with Crippen molar-refractivity contribution in [2.45, 2.75) is 65.8 Å². The van der Waals surface area contributed by atoms with Crippen LogP contribution >= 0.6 is 0 Å². The van der Waals surface area contributed by atoms with Crippen LogP contribution in [0.2, 0.25) is 0 Å². The van der Waals surface area contributed by atoms with Gasteiger partial charge in [0.05, 0.1) is 0 Å². The lowest BCUT2D eigenvalue weighted by atomic mass is 9.93. The quantitative estimate of drug-likeness (QED) is 0.443. The van der Waals surface area contributed by atoms with Crippen molar-refractivity contribution in [1.29, 1.82) is 0 Å². The predicted octanol–water partition coefficient (Wildman–Crippen LogP) is 2.78. The maximum absolute atomic E-state index is 4.39. The Hall–Kier alpha value is -0.810. The second-order valence-corrected chi connectivity index (χ2v) is 7.38. The van der Waals surface area contributed by atoms with Crippen molar-refractivity contribution in [2.24, 2.45) is 10.9 Å². The molecule has 1 rings (SSSR count). The van der Waals surface area contributed by atoms with Gasteiger partial charge in [0.15, 0.2) is 5.96 Å². The van der Waals surface area contributed by atoms with Crippen LogP contribution in [0.25, 0.3) is 0 Å². The fourth-order valence-corrected chi connectivity index (χ4v) is 3.65. The molecule has 5 heteroatoms. The van der Waals surface area contributed by atoms with Crippen LogP contribution in [0.4, 0.5) is 0 Å². The summed E-state index contributed by atoms with van der Waals surface area (Å²) < 4.78 is 0. The standard InChI is InChI=1S/C20H43N5/c1-6-24(7-2)15-9-10-18(4)23-20(21-5)22-14-11-19-12-16-25(8-3)17-13-19/h18-19H,6-17H2,1-5H3,(H2,21,22,23). The second kappa shape index (κ2) is 13.4. The Morgan fingerprint density at radius 1 is 1.20 bits per heavy atom. The van der Waals surface area contributed by atoms with Gasteiger partial charge in [0.25, 0.3) is 0 Å². The molecule has 1 aliphatic rings. The Bertz CT molecular complexity index is 346. The molecule has 0 bridgehead atoms. The summed E-state index contributed by atoms with van der Waals surface area (Å²) in [5.41, 5.74) is 0. The molecule has 1 unspecified atom stereocenters. The average molecular weight is 354 g/mol. The highest BCUT2D eigenvalue weighted by Gasteiger charge is 2.17. The van der Waals surface area contributed by atoms with Gasteiger partial charge in [-0.25, -0.2) is 0 Å². The highest BCUT2D eigenvalue weighted by molar-refractivity contribution is 5.79. The van der Waals surface area contributed by atoms with E-state index in [9.17, 15) is 0 Å². The van der Waals surface area contributed by atoms with Gasteiger partial charge in [-0.2, -0.15) is 0 Å². The first-order chi connectivity index (χ1) is 12.1. The van der Waals surface area contributed by atoms with Gasteiger partial charge in [-0.15, -0.1) is 0 Å². The zero-order chi connectivity index (χ0) is 18.5. The number of guanidine groups is 1. The van der Waals surface area contributed by atoms with Crippen molar-refractivity contribution in [1.82, 2.24) is 20.4 Å². The molecule has 1 aliphatic heterocycles. The van der Waals surface area contributed by atoms with E-state index in [0.717, 1.165) is 31.5 Å². The maximum Gasteiger partial charge on any atom is 0.191 e. The lowest BCUT2D eigenvalue weighted by Gasteiger charge is -2.31. The lowest BCUT2D eigenvalue weighted by Crippen LogP contribution is -2.43. The highest BCUT2D eigenvalue weighted by atomic mass is 15.2. The third-order valence-electron chi connectivity index (χ3n) is 5.61. The molecule has 0 aliphatic carbocycles. The number of nitrogens with one attached hydrogen (secondary N) is 2. The minimum atomic E-state index is 0.467. The number of hydrogen-bond donors (Lipinski definition) is 2. The van der Waals surface area contributed by atoms with Crippen LogP contribution in [0.3, 0.4) is 0 Å². The molecule has 0 saturated carbocycles. The van der Waals surface area contributed by atoms with Gasteiger partial charge in [-0.1, -0.05) is 20.8 Å². The van der Waals surface area contributed by atoms with E-state index in [1.165, 1.54) is 58.3 Å². The van der Waals surface area contributed by atoms with Crippen molar-refractivity contribution >= 4 is 5.96 Å². The molecule has 0 aromatic carbocycles. The largest absolute Gasteiger partial charge is 0.356 e. The Morgan fingerprint density at radius 3 is 2.44 bits per heavy atom. The summed E-state index contributed by atoms with van der Waals surface area (Å²) in [5, 5.41) is 7.05. The first kappa shape index (κ1) is 22.2. The van der Waals surface area contributed by atoms with Crippen molar-refractivity contribution in [3.8, 4) is 0 Å². The van der Waals surface area contributed by atoms with Crippen molar-refractivity contribution in [3.63, 3.8) is 0 Å². The number of rotatable bonds is 11. The van der Waals surface area contributed by atoms with Gasteiger partial charge in [0.2, 0.25) is 0 Å². The minimum Gasteiger partial charge on any atom is -0.356 e. The van der Waals surface area contributed by atoms with Gasteiger partial charge in [0.1, 0.15) is 0 Å². The summed E-state index contributed by atoms with van der Waals surface area (Å²) in [6.07, 6.45) is 6.39. The molecule has 5 nitrogen and oxygen atoms in total. The normalized spacial score (nSPS) is 18.6. The monoisotopic (exact) mass is 353 g/mol. The first-order valence-electron chi connectivity index (χ1n) is 10.5. The third kappa shape index (κ3) is 9.45. The number of aliphatic imine (C=N–C) groups is 1. The molecule has 2 N–H and O–H groups in total. The molecule has 1 atom stereocenters. The molecule has 25 heavy (non-hydrogen) atoms. The molecular weight excluding hydrogens is 310 g/mol. The molecule has 0 spiro atoms. The number of nitrogens with zero attached hydrogens (tertiary/aromatic N) is 3. The van der Waals surface area contributed by atoms with Crippen LogP contribution in [-0.2, 0) is 0 Å². The van der Waals surface area contributed by atoms with E-state index in [1.807, 2.05) is 7.05 Å². The molecular formula is C20H43N5. The van der Waals surface area contributed by atoms with E-state index < -0.39 is 0 Å². The number of piperidine rings is 1. The number of likely N-dealkylation sites (tertiary alicyclic amines) is 1. The van der Waals surface area contributed by atoms with E-state index in [0.29, 0.717) is 6.04 Å². The Morgan fingerprint density at radius 2 is 1.88 bits per heavy atom. The van der Waals surface area contributed by atoms with Crippen LogP contribution in [0.15, 0.2) is 4.99 Å². The summed E-state index contributed by atoms with van der Waals surface area (Å²) in [5.74, 6) is 1.83. The van der Waals surface area contributed by atoms with Crippen LogP contribution < -0.4 is 10.6 Å². The Balaban J connectivity index is 2.15. The minimum absolute atomic E-state index is 0.467.